The second-order valence-corrected chi connectivity index (χ2v) is 2.48. The molecule has 0 saturated heterocycles. The molecule has 3 heteroatoms. The summed E-state index contributed by atoms with van der Waals surface area (Å²) in [5, 5.41) is 8.89. The Kier molecular flexibility index (Phi) is 1.57. The number of aliphatic hydroxyl groups excluding tert-OH is 1. The van der Waals surface area contributed by atoms with Crippen LogP contribution in [0.5, 0.6) is 0 Å². The Morgan fingerprint density at radius 3 is 2.80 bits per heavy atom. The molecule has 1 rings (SSSR count). The van der Waals surface area contributed by atoms with Crippen LogP contribution in [0.15, 0.2) is 24.4 Å². The van der Waals surface area contributed by atoms with Crippen LogP contribution < -0.4 is 0 Å². The Bertz CT molecular complexity index is 179. The zero-order valence-electron chi connectivity index (χ0n) is 6.00. The average Bonchev–Trinajstić information content (AvgIpc) is 1.94. The number of allylic oxidation sites excluding steroid dienone is 1. The summed E-state index contributed by atoms with van der Waals surface area (Å²) in [5.41, 5.74) is 0. The molecule has 0 amide bonds. The Balaban J connectivity index is 2.70. The minimum Gasteiger partial charge on any atom is -0.505 e. The van der Waals surface area contributed by atoms with Gasteiger partial charge in [-0.15, -0.1) is 0 Å². The fourth-order valence-electron chi connectivity index (χ4n) is 0.537. The number of aliphatic hydroxyl groups is 1. The zero-order chi connectivity index (χ0) is 7.61. The molecule has 0 bridgehead atoms. The molecule has 0 atom stereocenters. The normalized spacial score (nSPS) is 22.0. The molecule has 0 aromatic rings. The van der Waals surface area contributed by atoms with Crippen molar-refractivity contribution in [3.63, 3.8) is 0 Å². The van der Waals surface area contributed by atoms with Gasteiger partial charge in [-0.25, -0.2) is 0 Å². The summed E-state index contributed by atoms with van der Waals surface area (Å²) in [6.45, 7) is 3.51. The number of ether oxygens (including phenoxy) is 2. The lowest BCUT2D eigenvalue weighted by molar-refractivity contribution is -0.141. The Morgan fingerprint density at radius 1 is 1.40 bits per heavy atom. The third kappa shape index (κ3) is 1.69. The van der Waals surface area contributed by atoms with E-state index in [0.717, 1.165) is 0 Å². The van der Waals surface area contributed by atoms with Crippen molar-refractivity contribution in [2.45, 2.75) is 19.6 Å². The van der Waals surface area contributed by atoms with E-state index in [1.165, 1.54) is 18.6 Å². The molecule has 0 unspecified atom stereocenters. The summed E-state index contributed by atoms with van der Waals surface area (Å²) in [6, 6.07) is 0. The van der Waals surface area contributed by atoms with Crippen LogP contribution >= 0.6 is 0 Å². The molecule has 0 fully saturated rings. The van der Waals surface area contributed by atoms with Crippen molar-refractivity contribution in [3.8, 4) is 0 Å². The van der Waals surface area contributed by atoms with Crippen LogP contribution in [0.1, 0.15) is 13.8 Å². The SMILES string of the molecule is CC1(C)OC=CC(O)=CO1. The van der Waals surface area contributed by atoms with E-state index in [1.54, 1.807) is 13.8 Å². The molecule has 0 saturated carbocycles. The quantitative estimate of drug-likeness (QED) is 0.559. The first-order valence-electron chi connectivity index (χ1n) is 3.01. The summed E-state index contributed by atoms with van der Waals surface area (Å²) in [5.74, 6) is -0.619. The highest BCUT2D eigenvalue weighted by Crippen LogP contribution is 2.15. The molecule has 56 valence electrons. The molecule has 0 aromatic heterocycles. The molecular weight excluding hydrogens is 132 g/mol. The van der Waals surface area contributed by atoms with E-state index in [1.807, 2.05) is 0 Å². The fraction of sp³-hybridized carbons (Fsp3) is 0.429. The fourth-order valence-corrected chi connectivity index (χ4v) is 0.537. The standard InChI is InChI=1S/C7H10O3/c1-7(2)9-4-3-6(8)5-10-7/h3-5,8H,1-2H3. The summed E-state index contributed by atoms with van der Waals surface area (Å²) in [6.07, 6.45) is 4.08. The molecule has 3 nitrogen and oxygen atoms in total. The van der Waals surface area contributed by atoms with E-state index in [4.69, 9.17) is 14.6 Å². The van der Waals surface area contributed by atoms with Crippen molar-refractivity contribution in [2.24, 2.45) is 0 Å². The van der Waals surface area contributed by atoms with Crippen molar-refractivity contribution in [1.29, 1.82) is 0 Å². The molecule has 1 aliphatic rings. The van der Waals surface area contributed by atoms with E-state index >= 15 is 0 Å². The number of hydrogen-bond acceptors (Lipinski definition) is 3. The zero-order valence-corrected chi connectivity index (χ0v) is 6.00. The highest BCUT2D eigenvalue weighted by Gasteiger charge is 2.18. The van der Waals surface area contributed by atoms with Gasteiger partial charge in [-0.2, -0.15) is 0 Å². The highest BCUT2D eigenvalue weighted by atomic mass is 16.7. The maximum Gasteiger partial charge on any atom is 0.244 e. The molecule has 0 radical (unpaired) electrons. The molecule has 0 spiro atoms. The van der Waals surface area contributed by atoms with Crippen molar-refractivity contribution in [3.05, 3.63) is 24.4 Å². The molecular formula is C7H10O3. The summed E-state index contributed by atoms with van der Waals surface area (Å²) >= 11 is 0. The lowest BCUT2D eigenvalue weighted by atomic mass is 10.4. The van der Waals surface area contributed by atoms with E-state index in [9.17, 15) is 0 Å². The number of hydrogen-bond donors (Lipinski definition) is 1. The largest absolute Gasteiger partial charge is 0.505 e. The molecule has 1 N–H and O–H groups in total. The third-order valence-electron chi connectivity index (χ3n) is 1.05. The Morgan fingerprint density at radius 2 is 2.10 bits per heavy atom. The van der Waals surface area contributed by atoms with E-state index in [2.05, 4.69) is 0 Å². The molecule has 1 aliphatic heterocycles. The van der Waals surface area contributed by atoms with E-state index in [-0.39, 0.29) is 5.76 Å². The predicted octanol–water partition coefficient (Wildman–Crippen LogP) is 1.68. The van der Waals surface area contributed by atoms with Gasteiger partial charge in [0.25, 0.3) is 0 Å². The van der Waals surface area contributed by atoms with Gasteiger partial charge in [0.1, 0.15) is 6.26 Å². The molecule has 0 aliphatic carbocycles. The maximum atomic E-state index is 8.89. The third-order valence-corrected chi connectivity index (χ3v) is 1.05. The first-order chi connectivity index (χ1) is 4.60. The Labute approximate surface area is 59.6 Å². The summed E-state index contributed by atoms with van der Waals surface area (Å²) in [4.78, 5) is 0. The highest BCUT2D eigenvalue weighted by molar-refractivity contribution is 5.07. The van der Waals surface area contributed by atoms with Gasteiger partial charge in [-0.05, 0) is 0 Å². The monoisotopic (exact) mass is 142 g/mol. The minimum atomic E-state index is -0.680. The van der Waals surface area contributed by atoms with E-state index < -0.39 is 5.79 Å². The van der Waals surface area contributed by atoms with Gasteiger partial charge in [0.15, 0.2) is 5.76 Å². The summed E-state index contributed by atoms with van der Waals surface area (Å²) < 4.78 is 10.1. The first-order valence-corrected chi connectivity index (χ1v) is 3.01. The topological polar surface area (TPSA) is 38.7 Å². The van der Waals surface area contributed by atoms with Crippen LogP contribution in [-0.4, -0.2) is 10.9 Å². The lowest BCUT2D eigenvalue weighted by Gasteiger charge is -2.21. The lowest BCUT2D eigenvalue weighted by Crippen LogP contribution is -2.22. The Hall–Kier alpha value is -1.12. The van der Waals surface area contributed by atoms with Crippen molar-refractivity contribution in [2.75, 3.05) is 0 Å². The predicted molar refractivity (Wildman–Crippen MR) is 36.1 cm³/mol. The van der Waals surface area contributed by atoms with Crippen LogP contribution in [0.25, 0.3) is 0 Å². The van der Waals surface area contributed by atoms with Crippen molar-refractivity contribution < 1.29 is 14.6 Å². The van der Waals surface area contributed by atoms with Crippen LogP contribution in [-0.2, 0) is 9.47 Å². The van der Waals surface area contributed by atoms with Crippen LogP contribution in [0.2, 0.25) is 0 Å². The van der Waals surface area contributed by atoms with Gasteiger partial charge < -0.3 is 14.6 Å². The number of rotatable bonds is 0. The first kappa shape index (κ1) is 6.99. The van der Waals surface area contributed by atoms with Crippen LogP contribution in [0.3, 0.4) is 0 Å². The van der Waals surface area contributed by atoms with Crippen molar-refractivity contribution >= 4 is 0 Å². The van der Waals surface area contributed by atoms with Gasteiger partial charge in [0, 0.05) is 19.9 Å². The maximum absolute atomic E-state index is 8.89. The second-order valence-electron chi connectivity index (χ2n) is 2.48. The smallest absolute Gasteiger partial charge is 0.244 e. The molecule has 1 heterocycles. The molecule has 10 heavy (non-hydrogen) atoms. The second kappa shape index (κ2) is 2.25. The average molecular weight is 142 g/mol. The van der Waals surface area contributed by atoms with Crippen LogP contribution in [0, 0.1) is 0 Å². The summed E-state index contributed by atoms with van der Waals surface area (Å²) in [7, 11) is 0. The van der Waals surface area contributed by atoms with Crippen LogP contribution in [0.4, 0.5) is 0 Å². The van der Waals surface area contributed by atoms with Gasteiger partial charge in [-0.1, -0.05) is 0 Å². The van der Waals surface area contributed by atoms with Gasteiger partial charge in [0.2, 0.25) is 5.79 Å². The minimum absolute atomic E-state index is 0.0607. The van der Waals surface area contributed by atoms with E-state index in [0.29, 0.717) is 0 Å². The van der Waals surface area contributed by atoms with Crippen molar-refractivity contribution in [1.82, 2.24) is 0 Å². The van der Waals surface area contributed by atoms with Gasteiger partial charge in [0.05, 0.1) is 6.26 Å². The van der Waals surface area contributed by atoms with Gasteiger partial charge in [-0.3, -0.25) is 0 Å². The molecule has 0 aromatic carbocycles. The van der Waals surface area contributed by atoms with Gasteiger partial charge >= 0.3 is 0 Å².